The highest BCUT2D eigenvalue weighted by molar-refractivity contribution is 6.30. The summed E-state index contributed by atoms with van der Waals surface area (Å²) in [5, 5.41) is 10.7. The summed E-state index contributed by atoms with van der Waals surface area (Å²) in [6.07, 6.45) is 0. The van der Waals surface area contributed by atoms with Crippen LogP contribution in [0.15, 0.2) is 30.3 Å². The number of nitrogens with zero attached hydrogens (tertiary/aromatic N) is 3. The van der Waals surface area contributed by atoms with Crippen LogP contribution in [0.5, 0.6) is 0 Å². The lowest BCUT2D eigenvalue weighted by Crippen LogP contribution is -2.56. The van der Waals surface area contributed by atoms with Crippen molar-refractivity contribution in [2.75, 3.05) is 18.4 Å². The average Bonchev–Trinajstić information content (AvgIpc) is 2.89. The number of aromatic nitrogens is 2. The first-order valence-electron chi connectivity index (χ1n) is 8.08. The minimum absolute atomic E-state index is 0.148. The monoisotopic (exact) mass is 361 g/mol. The molecule has 2 N–H and O–H groups in total. The molecule has 0 unspecified atom stereocenters. The van der Waals surface area contributed by atoms with Gasteiger partial charge in [-0.15, -0.1) is 0 Å². The number of rotatable bonds is 3. The Labute approximate surface area is 150 Å². The van der Waals surface area contributed by atoms with E-state index in [9.17, 15) is 9.59 Å². The summed E-state index contributed by atoms with van der Waals surface area (Å²) in [6.45, 7) is 4.99. The molecule has 3 amide bonds. The van der Waals surface area contributed by atoms with Gasteiger partial charge in [0, 0.05) is 24.2 Å². The van der Waals surface area contributed by atoms with E-state index in [0.717, 1.165) is 11.3 Å². The number of carbonyl (C=O) groups is 2. The Hall–Kier alpha value is -2.54. The van der Waals surface area contributed by atoms with E-state index >= 15 is 0 Å². The second-order valence-electron chi connectivity index (χ2n) is 6.05. The fourth-order valence-electron chi connectivity index (χ4n) is 2.82. The lowest BCUT2D eigenvalue weighted by atomic mass is 10.2. The molecule has 0 aliphatic carbocycles. The molecule has 1 saturated heterocycles. The van der Waals surface area contributed by atoms with Crippen LogP contribution < -0.4 is 10.6 Å². The molecule has 7 nitrogen and oxygen atoms in total. The zero-order valence-electron chi connectivity index (χ0n) is 14.1. The van der Waals surface area contributed by atoms with Gasteiger partial charge < -0.3 is 10.2 Å². The summed E-state index contributed by atoms with van der Waals surface area (Å²) in [6, 6.07) is 8.49. The fourth-order valence-corrected chi connectivity index (χ4v) is 3.03. The molecular formula is C17H20ClN5O2. The SMILES string of the molecule is Cc1cc(NC(=O)N2CCNC(=O)[C@@H]2C)n(Cc2cccc(Cl)c2)n1. The molecule has 0 bridgehead atoms. The van der Waals surface area contributed by atoms with Gasteiger partial charge in [0.2, 0.25) is 5.91 Å². The minimum atomic E-state index is -0.501. The standard InChI is InChI=1S/C17H20ClN5O2/c1-11-8-15(20-17(25)22-7-6-19-16(24)12(22)2)23(21-11)10-13-4-3-5-14(18)9-13/h3-5,8-9,12H,6-7,10H2,1-2H3,(H,19,24)(H,20,25)/t12-/m0/s1. The van der Waals surface area contributed by atoms with Crippen molar-refractivity contribution in [3.8, 4) is 0 Å². The average molecular weight is 362 g/mol. The van der Waals surface area contributed by atoms with E-state index in [1.165, 1.54) is 4.90 Å². The molecule has 1 fully saturated rings. The Bertz CT molecular complexity index is 804. The molecule has 1 atom stereocenters. The van der Waals surface area contributed by atoms with Crippen molar-refractivity contribution < 1.29 is 9.59 Å². The Balaban J connectivity index is 1.76. The highest BCUT2D eigenvalue weighted by Gasteiger charge is 2.29. The van der Waals surface area contributed by atoms with Crippen LogP contribution >= 0.6 is 11.6 Å². The summed E-state index contributed by atoms with van der Waals surface area (Å²) < 4.78 is 1.72. The first-order chi connectivity index (χ1) is 11.9. The van der Waals surface area contributed by atoms with Crippen molar-refractivity contribution in [1.29, 1.82) is 0 Å². The van der Waals surface area contributed by atoms with Crippen LogP contribution in [0.1, 0.15) is 18.2 Å². The number of aryl methyl sites for hydroxylation is 1. The van der Waals surface area contributed by atoms with E-state index in [2.05, 4.69) is 15.7 Å². The molecule has 8 heteroatoms. The zero-order chi connectivity index (χ0) is 18.0. The lowest BCUT2D eigenvalue weighted by Gasteiger charge is -2.32. The molecule has 2 aromatic rings. The number of piperazine rings is 1. The van der Waals surface area contributed by atoms with Crippen LogP contribution in [0.3, 0.4) is 0 Å². The maximum atomic E-state index is 12.6. The van der Waals surface area contributed by atoms with Crippen LogP contribution in [-0.2, 0) is 11.3 Å². The summed E-state index contributed by atoms with van der Waals surface area (Å²) in [7, 11) is 0. The number of anilines is 1. The first-order valence-corrected chi connectivity index (χ1v) is 8.46. The Morgan fingerprint density at radius 3 is 3.00 bits per heavy atom. The van der Waals surface area contributed by atoms with Crippen LogP contribution in [0.2, 0.25) is 5.02 Å². The van der Waals surface area contributed by atoms with Gasteiger partial charge in [-0.1, -0.05) is 23.7 Å². The van der Waals surface area contributed by atoms with Crippen molar-refractivity contribution in [3.05, 3.63) is 46.6 Å². The smallest absolute Gasteiger partial charge is 0.323 e. The van der Waals surface area contributed by atoms with Crippen molar-refractivity contribution in [3.63, 3.8) is 0 Å². The van der Waals surface area contributed by atoms with Crippen LogP contribution in [0.4, 0.5) is 10.6 Å². The second-order valence-corrected chi connectivity index (χ2v) is 6.49. The van der Waals surface area contributed by atoms with Crippen LogP contribution in [0.25, 0.3) is 0 Å². The molecule has 0 spiro atoms. The zero-order valence-corrected chi connectivity index (χ0v) is 14.9. The summed E-state index contributed by atoms with van der Waals surface area (Å²) in [4.78, 5) is 25.8. The Morgan fingerprint density at radius 2 is 2.24 bits per heavy atom. The molecule has 1 aromatic heterocycles. The normalized spacial score (nSPS) is 17.3. The summed E-state index contributed by atoms with van der Waals surface area (Å²) in [5.74, 6) is 0.436. The minimum Gasteiger partial charge on any atom is -0.353 e. The van der Waals surface area contributed by atoms with Gasteiger partial charge in [0.1, 0.15) is 11.9 Å². The number of hydrogen-bond acceptors (Lipinski definition) is 3. The maximum Gasteiger partial charge on any atom is 0.323 e. The molecule has 3 rings (SSSR count). The number of halogens is 1. The van der Waals surface area contributed by atoms with Crippen molar-refractivity contribution in [2.24, 2.45) is 0 Å². The van der Waals surface area contributed by atoms with Gasteiger partial charge in [0.05, 0.1) is 12.2 Å². The molecule has 1 aliphatic heterocycles. The predicted molar refractivity (Wildman–Crippen MR) is 95.7 cm³/mol. The van der Waals surface area contributed by atoms with Gasteiger partial charge in [-0.25, -0.2) is 9.48 Å². The number of nitrogens with one attached hydrogen (secondary N) is 2. The fraction of sp³-hybridized carbons (Fsp3) is 0.353. The molecule has 25 heavy (non-hydrogen) atoms. The quantitative estimate of drug-likeness (QED) is 0.880. The molecule has 132 valence electrons. The van der Waals surface area contributed by atoms with Gasteiger partial charge in [-0.05, 0) is 31.5 Å². The van der Waals surface area contributed by atoms with Gasteiger partial charge in [-0.3, -0.25) is 10.1 Å². The summed E-state index contributed by atoms with van der Waals surface area (Å²) >= 11 is 6.03. The molecular weight excluding hydrogens is 342 g/mol. The third-order valence-corrected chi connectivity index (χ3v) is 4.35. The van der Waals surface area contributed by atoms with E-state index in [-0.39, 0.29) is 11.9 Å². The Morgan fingerprint density at radius 1 is 1.44 bits per heavy atom. The topological polar surface area (TPSA) is 79.3 Å². The number of urea groups is 1. The second kappa shape index (κ2) is 7.14. The van der Waals surface area contributed by atoms with Crippen LogP contribution in [0, 0.1) is 6.92 Å². The maximum absolute atomic E-state index is 12.6. The number of amides is 3. The third-order valence-electron chi connectivity index (χ3n) is 4.12. The molecule has 2 heterocycles. The Kier molecular flexibility index (Phi) is 4.94. The number of hydrogen-bond donors (Lipinski definition) is 2. The van der Waals surface area contributed by atoms with Gasteiger partial charge >= 0.3 is 6.03 Å². The van der Waals surface area contributed by atoms with E-state index < -0.39 is 6.04 Å². The van der Waals surface area contributed by atoms with Crippen LogP contribution in [-0.4, -0.2) is 45.8 Å². The number of benzene rings is 1. The molecule has 0 saturated carbocycles. The van der Waals surface area contributed by atoms with E-state index in [4.69, 9.17) is 11.6 Å². The highest BCUT2D eigenvalue weighted by atomic mass is 35.5. The number of carbonyl (C=O) groups excluding carboxylic acids is 2. The summed E-state index contributed by atoms with van der Waals surface area (Å²) in [5.41, 5.74) is 1.78. The molecule has 0 radical (unpaired) electrons. The highest BCUT2D eigenvalue weighted by Crippen LogP contribution is 2.17. The largest absolute Gasteiger partial charge is 0.353 e. The van der Waals surface area contributed by atoms with Crippen molar-refractivity contribution >= 4 is 29.4 Å². The van der Waals surface area contributed by atoms with Crippen molar-refractivity contribution in [1.82, 2.24) is 20.0 Å². The van der Waals surface area contributed by atoms with E-state index in [1.54, 1.807) is 17.7 Å². The third kappa shape index (κ3) is 3.93. The van der Waals surface area contributed by atoms with Crippen molar-refractivity contribution in [2.45, 2.75) is 26.4 Å². The lowest BCUT2D eigenvalue weighted by molar-refractivity contribution is -0.126. The molecule has 1 aliphatic rings. The first kappa shape index (κ1) is 17.3. The van der Waals surface area contributed by atoms with Gasteiger partial charge in [0.25, 0.3) is 0 Å². The molecule has 1 aromatic carbocycles. The van der Waals surface area contributed by atoms with E-state index in [1.807, 2.05) is 31.2 Å². The van der Waals surface area contributed by atoms with E-state index in [0.29, 0.717) is 30.5 Å². The van der Waals surface area contributed by atoms with Gasteiger partial charge in [-0.2, -0.15) is 5.10 Å². The predicted octanol–water partition coefficient (Wildman–Crippen LogP) is 2.25. The van der Waals surface area contributed by atoms with Gasteiger partial charge in [0.15, 0.2) is 0 Å².